The van der Waals surface area contributed by atoms with Crippen molar-refractivity contribution in [3.05, 3.63) is 46.2 Å². The zero-order valence-corrected chi connectivity index (χ0v) is 16.2. The molecule has 2 aliphatic heterocycles. The lowest BCUT2D eigenvalue weighted by molar-refractivity contribution is -0.140. The number of carbonyl (C=O) groups is 1. The molecule has 1 spiro atoms. The molecule has 4 heterocycles. The van der Waals surface area contributed by atoms with E-state index in [1.165, 1.54) is 17.7 Å². The van der Waals surface area contributed by atoms with Crippen molar-refractivity contribution < 1.29 is 4.79 Å². The number of hydrogen-bond acceptors (Lipinski definition) is 5. The fourth-order valence-corrected chi connectivity index (χ4v) is 5.09. The zero-order chi connectivity index (χ0) is 18.0. The highest BCUT2D eigenvalue weighted by Gasteiger charge is 2.41. The molecule has 0 unspecified atom stereocenters. The molecular formula is C20H26N4OS. The van der Waals surface area contributed by atoms with Crippen LogP contribution in [0.5, 0.6) is 0 Å². The van der Waals surface area contributed by atoms with Crippen LogP contribution in [0.1, 0.15) is 41.9 Å². The summed E-state index contributed by atoms with van der Waals surface area (Å²) in [5.41, 5.74) is 2.03. The van der Waals surface area contributed by atoms with E-state index in [9.17, 15) is 4.79 Å². The highest BCUT2D eigenvalue weighted by Crippen LogP contribution is 2.39. The molecule has 0 aromatic carbocycles. The minimum Gasteiger partial charge on any atom is -0.336 e. The lowest BCUT2D eigenvalue weighted by Gasteiger charge is -2.48. The molecule has 6 heteroatoms. The van der Waals surface area contributed by atoms with E-state index in [0.29, 0.717) is 13.0 Å². The zero-order valence-electron chi connectivity index (χ0n) is 15.4. The number of amides is 1. The fraction of sp³-hybridized carbons (Fsp3) is 0.550. The summed E-state index contributed by atoms with van der Waals surface area (Å²) in [6.07, 6.45) is 7.70. The summed E-state index contributed by atoms with van der Waals surface area (Å²) in [5, 5.41) is 2.15. The number of nitrogens with zero attached hydrogens (tertiary/aromatic N) is 4. The van der Waals surface area contributed by atoms with E-state index >= 15 is 0 Å². The van der Waals surface area contributed by atoms with Crippen LogP contribution < -0.4 is 0 Å². The Bertz CT molecular complexity index is 746. The summed E-state index contributed by atoms with van der Waals surface area (Å²) in [6.45, 7) is 6.66. The summed E-state index contributed by atoms with van der Waals surface area (Å²) in [7, 11) is 0. The van der Waals surface area contributed by atoms with Gasteiger partial charge in [-0.05, 0) is 44.2 Å². The monoisotopic (exact) mass is 370 g/mol. The van der Waals surface area contributed by atoms with Gasteiger partial charge in [-0.25, -0.2) is 0 Å². The third kappa shape index (κ3) is 3.96. The summed E-state index contributed by atoms with van der Waals surface area (Å²) in [6, 6.07) is 4.35. The Morgan fingerprint density at radius 2 is 2.12 bits per heavy atom. The van der Waals surface area contributed by atoms with Gasteiger partial charge in [-0.15, -0.1) is 11.3 Å². The number of aryl methyl sites for hydroxylation is 1. The highest BCUT2D eigenvalue weighted by atomic mass is 32.1. The Kier molecular flexibility index (Phi) is 5.05. The van der Waals surface area contributed by atoms with Gasteiger partial charge >= 0.3 is 0 Å². The highest BCUT2D eigenvalue weighted by molar-refractivity contribution is 7.09. The van der Waals surface area contributed by atoms with Gasteiger partial charge in [0.1, 0.15) is 0 Å². The predicted molar refractivity (Wildman–Crippen MR) is 103 cm³/mol. The number of thiophene rings is 1. The smallest absolute Gasteiger partial charge is 0.222 e. The Balaban J connectivity index is 1.44. The van der Waals surface area contributed by atoms with Gasteiger partial charge in [-0.2, -0.15) is 0 Å². The van der Waals surface area contributed by atoms with Gasteiger partial charge in [0, 0.05) is 42.5 Å². The van der Waals surface area contributed by atoms with Crippen molar-refractivity contribution >= 4 is 17.2 Å². The average Bonchev–Trinajstić information content (AvgIpc) is 3.14. The summed E-state index contributed by atoms with van der Waals surface area (Å²) in [5.74, 6) is 0.258. The van der Waals surface area contributed by atoms with Gasteiger partial charge in [0.15, 0.2) is 0 Å². The molecule has 2 aromatic rings. The van der Waals surface area contributed by atoms with E-state index in [0.717, 1.165) is 44.0 Å². The van der Waals surface area contributed by atoms with E-state index in [1.807, 2.05) is 23.2 Å². The summed E-state index contributed by atoms with van der Waals surface area (Å²) < 4.78 is 0. The van der Waals surface area contributed by atoms with Crippen LogP contribution in [-0.2, 0) is 17.9 Å². The predicted octanol–water partition coefficient (Wildman–Crippen LogP) is 3.25. The molecule has 4 rings (SSSR count). The maximum atomic E-state index is 12.5. The SMILES string of the molecule is Cc1cnc(CN2C[C@@]3(CCCN(Cc4cccs4)C3)CCC2=O)cn1. The second kappa shape index (κ2) is 7.45. The standard InChI is InChI=1S/C20H26N4OS/c1-16-10-22-17(11-21-16)12-24-15-20(7-5-19(24)25)6-3-8-23(14-20)13-18-4-2-9-26-18/h2,4,9-11H,3,5-8,12-15H2,1H3/t20-/m0/s1. The topological polar surface area (TPSA) is 49.3 Å². The number of aromatic nitrogens is 2. The lowest BCUT2D eigenvalue weighted by Crippen LogP contribution is -2.53. The van der Waals surface area contributed by atoms with Crippen LogP contribution >= 0.6 is 11.3 Å². The summed E-state index contributed by atoms with van der Waals surface area (Å²) in [4.78, 5) is 27.3. The Morgan fingerprint density at radius 3 is 2.88 bits per heavy atom. The third-order valence-electron chi connectivity index (χ3n) is 5.64. The largest absolute Gasteiger partial charge is 0.336 e. The molecule has 2 fully saturated rings. The molecular weight excluding hydrogens is 344 g/mol. The number of likely N-dealkylation sites (tertiary alicyclic amines) is 2. The Hall–Kier alpha value is -1.79. The van der Waals surface area contributed by atoms with Gasteiger partial charge in [0.05, 0.1) is 24.1 Å². The molecule has 0 aliphatic carbocycles. The minimum absolute atomic E-state index is 0.238. The number of hydrogen-bond donors (Lipinski definition) is 0. The van der Waals surface area contributed by atoms with Gasteiger partial charge < -0.3 is 4.90 Å². The molecule has 0 radical (unpaired) electrons. The van der Waals surface area contributed by atoms with Crippen LogP contribution in [0.2, 0.25) is 0 Å². The van der Waals surface area contributed by atoms with E-state index in [2.05, 4.69) is 32.4 Å². The first kappa shape index (κ1) is 17.6. The van der Waals surface area contributed by atoms with Gasteiger partial charge in [-0.3, -0.25) is 19.7 Å². The van der Waals surface area contributed by atoms with E-state index in [-0.39, 0.29) is 11.3 Å². The Labute approximate surface area is 159 Å². The minimum atomic E-state index is 0.238. The summed E-state index contributed by atoms with van der Waals surface area (Å²) >= 11 is 1.83. The molecule has 5 nitrogen and oxygen atoms in total. The van der Waals surface area contributed by atoms with Crippen molar-refractivity contribution in [1.29, 1.82) is 0 Å². The number of piperidine rings is 2. The first-order valence-corrected chi connectivity index (χ1v) is 10.3. The second-order valence-corrected chi connectivity index (χ2v) is 8.82. The average molecular weight is 371 g/mol. The molecule has 0 N–H and O–H groups in total. The third-order valence-corrected chi connectivity index (χ3v) is 6.50. The van der Waals surface area contributed by atoms with Crippen molar-refractivity contribution in [1.82, 2.24) is 19.8 Å². The van der Waals surface area contributed by atoms with Crippen molar-refractivity contribution in [2.45, 2.75) is 45.7 Å². The van der Waals surface area contributed by atoms with Crippen molar-refractivity contribution in [2.24, 2.45) is 5.41 Å². The van der Waals surface area contributed by atoms with Crippen LogP contribution in [0.25, 0.3) is 0 Å². The van der Waals surface area contributed by atoms with Crippen LogP contribution in [-0.4, -0.2) is 45.3 Å². The molecule has 0 bridgehead atoms. The normalized spacial score (nSPS) is 24.3. The molecule has 138 valence electrons. The fourth-order valence-electron chi connectivity index (χ4n) is 4.34. The van der Waals surface area contributed by atoms with Crippen molar-refractivity contribution in [2.75, 3.05) is 19.6 Å². The van der Waals surface area contributed by atoms with Crippen molar-refractivity contribution in [3.63, 3.8) is 0 Å². The molecule has 2 aliphatic rings. The Morgan fingerprint density at radius 1 is 1.19 bits per heavy atom. The van der Waals surface area contributed by atoms with Crippen LogP contribution in [0.3, 0.4) is 0 Å². The molecule has 1 amide bonds. The van der Waals surface area contributed by atoms with Crippen molar-refractivity contribution in [3.8, 4) is 0 Å². The molecule has 1 atom stereocenters. The quantitative estimate of drug-likeness (QED) is 0.829. The lowest BCUT2D eigenvalue weighted by atomic mass is 9.73. The van der Waals surface area contributed by atoms with Crippen LogP contribution in [0, 0.1) is 12.3 Å². The van der Waals surface area contributed by atoms with Crippen LogP contribution in [0.4, 0.5) is 0 Å². The van der Waals surface area contributed by atoms with Crippen LogP contribution in [0.15, 0.2) is 29.9 Å². The van der Waals surface area contributed by atoms with E-state index < -0.39 is 0 Å². The van der Waals surface area contributed by atoms with E-state index in [1.54, 1.807) is 12.4 Å². The van der Waals surface area contributed by atoms with Gasteiger partial charge in [-0.1, -0.05) is 6.07 Å². The maximum Gasteiger partial charge on any atom is 0.222 e. The first-order chi connectivity index (χ1) is 12.6. The molecule has 2 saturated heterocycles. The molecule has 26 heavy (non-hydrogen) atoms. The number of carbonyl (C=O) groups excluding carboxylic acids is 1. The van der Waals surface area contributed by atoms with E-state index in [4.69, 9.17) is 0 Å². The molecule has 0 saturated carbocycles. The molecule has 2 aromatic heterocycles. The second-order valence-electron chi connectivity index (χ2n) is 7.79. The first-order valence-electron chi connectivity index (χ1n) is 9.42. The van der Waals surface area contributed by atoms with Gasteiger partial charge in [0.25, 0.3) is 0 Å². The number of rotatable bonds is 4. The maximum absolute atomic E-state index is 12.5. The van der Waals surface area contributed by atoms with Gasteiger partial charge in [0.2, 0.25) is 5.91 Å².